The van der Waals surface area contributed by atoms with Crippen molar-refractivity contribution in [2.24, 2.45) is 0 Å². The van der Waals surface area contributed by atoms with Crippen molar-refractivity contribution < 1.29 is 8.78 Å². The van der Waals surface area contributed by atoms with Gasteiger partial charge in [-0.05, 0) is 54.9 Å². The van der Waals surface area contributed by atoms with Gasteiger partial charge in [-0.1, -0.05) is 6.07 Å². The van der Waals surface area contributed by atoms with Crippen LogP contribution in [0.2, 0.25) is 0 Å². The van der Waals surface area contributed by atoms with Crippen LogP contribution in [0.5, 0.6) is 0 Å². The predicted molar refractivity (Wildman–Crippen MR) is 79.0 cm³/mol. The SMILES string of the molecule is Fc1cccc(N2c3ccc(F)cc3C3CNCCC32)c1. The van der Waals surface area contributed by atoms with Gasteiger partial charge in [0.05, 0.1) is 0 Å². The van der Waals surface area contributed by atoms with Crippen molar-refractivity contribution in [2.45, 2.75) is 18.4 Å². The van der Waals surface area contributed by atoms with E-state index in [0.29, 0.717) is 0 Å². The number of rotatable bonds is 1. The van der Waals surface area contributed by atoms with Crippen LogP contribution in [0.15, 0.2) is 42.5 Å². The summed E-state index contributed by atoms with van der Waals surface area (Å²) in [4.78, 5) is 2.17. The minimum atomic E-state index is -0.242. The van der Waals surface area contributed by atoms with E-state index < -0.39 is 0 Å². The zero-order valence-electron chi connectivity index (χ0n) is 11.5. The molecular weight excluding hydrogens is 270 g/mol. The van der Waals surface area contributed by atoms with Gasteiger partial charge < -0.3 is 10.2 Å². The van der Waals surface area contributed by atoms with Crippen LogP contribution in [0.3, 0.4) is 0 Å². The lowest BCUT2D eigenvalue weighted by molar-refractivity contribution is 0.418. The minimum absolute atomic E-state index is 0.209. The van der Waals surface area contributed by atoms with Crippen molar-refractivity contribution >= 4 is 11.4 Å². The molecule has 2 heterocycles. The van der Waals surface area contributed by atoms with Gasteiger partial charge in [-0.25, -0.2) is 8.78 Å². The number of nitrogens with one attached hydrogen (secondary N) is 1. The maximum atomic E-state index is 13.6. The van der Waals surface area contributed by atoms with Crippen molar-refractivity contribution in [1.82, 2.24) is 5.32 Å². The van der Waals surface area contributed by atoms with Crippen LogP contribution in [-0.2, 0) is 0 Å². The van der Waals surface area contributed by atoms with E-state index in [0.717, 1.165) is 36.4 Å². The molecule has 108 valence electrons. The highest BCUT2D eigenvalue weighted by atomic mass is 19.1. The van der Waals surface area contributed by atoms with Crippen molar-refractivity contribution in [1.29, 1.82) is 0 Å². The third-order valence-corrected chi connectivity index (χ3v) is 4.51. The van der Waals surface area contributed by atoms with Gasteiger partial charge in [0.1, 0.15) is 11.6 Å². The Balaban J connectivity index is 1.86. The molecule has 0 saturated carbocycles. The van der Waals surface area contributed by atoms with E-state index in [1.54, 1.807) is 18.2 Å². The summed E-state index contributed by atoms with van der Waals surface area (Å²) in [6.45, 7) is 1.77. The first-order valence-corrected chi connectivity index (χ1v) is 7.29. The highest BCUT2D eigenvalue weighted by molar-refractivity contribution is 5.73. The second kappa shape index (κ2) is 4.81. The van der Waals surface area contributed by atoms with E-state index in [1.807, 2.05) is 12.1 Å². The van der Waals surface area contributed by atoms with Crippen molar-refractivity contribution in [3.8, 4) is 0 Å². The predicted octanol–water partition coefficient (Wildman–Crippen LogP) is 3.56. The average Bonchev–Trinajstić information content (AvgIpc) is 2.81. The molecule has 0 aromatic heterocycles. The van der Waals surface area contributed by atoms with Crippen molar-refractivity contribution in [3.05, 3.63) is 59.7 Å². The molecule has 4 heteroatoms. The van der Waals surface area contributed by atoms with E-state index in [1.165, 1.54) is 12.1 Å². The van der Waals surface area contributed by atoms with Crippen LogP contribution >= 0.6 is 0 Å². The molecule has 2 aliphatic heterocycles. The number of halogens is 2. The summed E-state index contributed by atoms with van der Waals surface area (Å²) in [5.41, 5.74) is 2.87. The average molecular weight is 286 g/mol. The standard InChI is InChI=1S/C17H16F2N2/c18-11-2-1-3-13(8-11)21-16-5-4-12(19)9-14(16)15-10-20-7-6-17(15)21/h1-5,8-9,15,17,20H,6-7,10H2. The second-order valence-corrected chi connectivity index (χ2v) is 5.72. The molecule has 0 amide bonds. The number of anilines is 2. The Morgan fingerprint density at radius 1 is 1.05 bits per heavy atom. The molecule has 2 unspecified atom stereocenters. The summed E-state index contributed by atoms with van der Waals surface area (Å²) in [5.74, 6) is -0.194. The molecule has 4 rings (SSSR count). The van der Waals surface area contributed by atoms with Crippen molar-refractivity contribution in [2.75, 3.05) is 18.0 Å². The fourth-order valence-corrected chi connectivity index (χ4v) is 3.65. The molecule has 0 bridgehead atoms. The Bertz CT molecular complexity index is 686. The van der Waals surface area contributed by atoms with Gasteiger partial charge >= 0.3 is 0 Å². The summed E-state index contributed by atoms with van der Waals surface area (Å²) in [5, 5.41) is 3.38. The largest absolute Gasteiger partial charge is 0.337 e. The van der Waals surface area contributed by atoms with Gasteiger partial charge in [-0.15, -0.1) is 0 Å². The third kappa shape index (κ3) is 2.02. The van der Waals surface area contributed by atoms with E-state index in [9.17, 15) is 8.78 Å². The first kappa shape index (κ1) is 12.8. The van der Waals surface area contributed by atoms with E-state index in [-0.39, 0.29) is 23.6 Å². The van der Waals surface area contributed by atoms with Crippen LogP contribution in [0, 0.1) is 11.6 Å². The molecule has 2 nitrogen and oxygen atoms in total. The van der Waals surface area contributed by atoms with Crippen LogP contribution in [-0.4, -0.2) is 19.1 Å². The van der Waals surface area contributed by atoms with Crippen molar-refractivity contribution in [3.63, 3.8) is 0 Å². The fourth-order valence-electron chi connectivity index (χ4n) is 3.65. The van der Waals surface area contributed by atoms with Gasteiger partial charge in [0.25, 0.3) is 0 Å². The van der Waals surface area contributed by atoms with E-state index in [2.05, 4.69) is 10.2 Å². The van der Waals surface area contributed by atoms with Crippen LogP contribution < -0.4 is 10.2 Å². The quantitative estimate of drug-likeness (QED) is 0.862. The molecule has 1 saturated heterocycles. The minimum Gasteiger partial charge on any atom is -0.337 e. The summed E-state index contributed by atoms with van der Waals surface area (Å²) in [6, 6.07) is 11.8. The van der Waals surface area contributed by atoms with Crippen LogP contribution in [0.25, 0.3) is 0 Å². The molecule has 2 aromatic carbocycles. The maximum absolute atomic E-state index is 13.6. The molecule has 2 aliphatic rings. The molecule has 1 N–H and O–H groups in total. The molecule has 0 radical (unpaired) electrons. The zero-order chi connectivity index (χ0) is 14.4. The Morgan fingerprint density at radius 2 is 1.90 bits per heavy atom. The number of nitrogens with zero attached hydrogens (tertiary/aromatic N) is 1. The van der Waals surface area contributed by atoms with Crippen LogP contribution in [0.1, 0.15) is 17.9 Å². The molecule has 21 heavy (non-hydrogen) atoms. The first-order chi connectivity index (χ1) is 10.2. The highest BCUT2D eigenvalue weighted by Crippen LogP contribution is 2.47. The Kier molecular flexibility index (Phi) is 2.93. The molecular formula is C17H16F2N2. The lowest BCUT2D eigenvalue weighted by Crippen LogP contribution is -2.42. The number of piperidine rings is 1. The third-order valence-electron chi connectivity index (χ3n) is 4.51. The van der Waals surface area contributed by atoms with Gasteiger partial charge in [0.15, 0.2) is 0 Å². The first-order valence-electron chi connectivity index (χ1n) is 7.29. The normalized spacial score (nSPS) is 23.8. The molecule has 0 spiro atoms. The summed E-state index contributed by atoms with van der Waals surface area (Å²) in [7, 11) is 0. The fraction of sp³-hybridized carbons (Fsp3) is 0.294. The number of fused-ring (bicyclic) bond motifs is 3. The van der Waals surface area contributed by atoms with E-state index in [4.69, 9.17) is 0 Å². The molecule has 2 aromatic rings. The van der Waals surface area contributed by atoms with Gasteiger partial charge in [0.2, 0.25) is 0 Å². The maximum Gasteiger partial charge on any atom is 0.125 e. The molecule has 0 aliphatic carbocycles. The summed E-state index contributed by atoms with van der Waals surface area (Å²) >= 11 is 0. The molecule has 1 fully saturated rings. The van der Waals surface area contributed by atoms with Gasteiger partial charge in [-0.3, -0.25) is 0 Å². The lowest BCUT2D eigenvalue weighted by Gasteiger charge is -2.34. The summed E-state index contributed by atoms with van der Waals surface area (Å²) in [6.07, 6.45) is 0.970. The van der Waals surface area contributed by atoms with E-state index >= 15 is 0 Å². The van der Waals surface area contributed by atoms with Gasteiger partial charge in [0, 0.05) is 29.9 Å². The topological polar surface area (TPSA) is 15.3 Å². The Labute approximate surface area is 122 Å². The number of hydrogen-bond donors (Lipinski definition) is 1. The number of hydrogen-bond acceptors (Lipinski definition) is 2. The molecule has 2 atom stereocenters. The summed E-state index contributed by atoms with van der Waals surface area (Å²) < 4.78 is 27.2. The lowest BCUT2D eigenvalue weighted by atomic mass is 9.90. The Morgan fingerprint density at radius 3 is 2.76 bits per heavy atom. The van der Waals surface area contributed by atoms with Gasteiger partial charge in [-0.2, -0.15) is 0 Å². The number of benzene rings is 2. The second-order valence-electron chi connectivity index (χ2n) is 5.72. The monoisotopic (exact) mass is 286 g/mol. The smallest absolute Gasteiger partial charge is 0.125 e. The van der Waals surface area contributed by atoms with Crippen LogP contribution in [0.4, 0.5) is 20.2 Å². The Hall–Kier alpha value is -1.94. The zero-order valence-corrected chi connectivity index (χ0v) is 11.5. The highest BCUT2D eigenvalue weighted by Gasteiger charge is 2.40.